The molecule has 0 aliphatic rings. The number of nitrogens with zero attached hydrogens (tertiary/aromatic N) is 1. The predicted molar refractivity (Wildman–Crippen MR) is 58.9 cm³/mol. The van der Waals surface area contributed by atoms with Crippen molar-refractivity contribution in [3.8, 4) is 11.5 Å². The van der Waals surface area contributed by atoms with Crippen molar-refractivity contribution in [2.24, 2.45) is 0 Å². The smallest absolute Gasteiger partial charge is 0.319 e. The van der Waals surface area contributed by atoms with Gasteiger partial charge in [-0.15, -0.1) is 0 Å². The molecule has 17 heavy (non-hydrogen) atoms. The van der Waals surface area contributed by atoms with Gasteiger partial charge >= 0.3 is 5.97 Å². The Bertz CT molecular complexity index is 381. The van der Waals surface area contributed by atoms with Crippen molar-refractivity contribution in [2.45, 2.75) is 0 Å². The molecule has 3 N–H and O–H groups in total. The Balaban J connectivity index is 0.000000325. The number of rotatable bonds is 3. The maximum absolute atomic E-state index is 10.1. The minimum Gasteiger partial charge on any atom is -0.506 e. The second-order valence-electron chi connectivity index (χ2n) is 2.82. The summed E-state index contributed by atoms with van der Waals surface area (Å²) in [6.45, 7) is 0.288. The van der Waals surface area contributed by atoms with E-state index in [2.05, 4.69) is 15.0 Å². The number of aldehydes is 1. The lowest BCUT2D eigenvalue weighted by atomic mass is 10.3. The third-order valence-corrected chi connectivity index (χ3v) is 1.54. The molecule has 7 heteroatoms. The van der Waals surface area contributed by atoms with Crippen molar-refractivity contribution in [3.63, 3.8) is 0 Å². The Kier molecular flexibility index (Phi) is 7.04. The number of ether oxygens (including phenoxy) is 1. The summed E-state index contributed by atoms with van der Waals surface area (Å²) in [5.74, 6) is -0.708. The number of hydrogen-bond donors (Lipinski definition) is 3. The summed E-state index contributed by atoms with van der Waals surface area (Å²) in [6, 6.07) is 1.05. The highest BCUT2D eigenvalue weighted by Gasteiger charge is 2.00. The normalized spacial score (nSPS) is 8.82. The number of methoxy groups -OCH3 is 1. The number of likely N-dealkylation sites (N-methyl/N-ethyl adjacent to an activating group) is 1. The largest absolute Gasteiger partial charge is 0.506 e. The summed E-state index contributed by atoms with van der Waals surface area (Å²) in [5.41, 5.74) is -0.0715. The van der Waals surface area contributed by atoms with Crippen LogP contribution in [0.5, 0.6) is 11.5 Å². The van der Waals surface area contributed by atoms with Crippen molar-refractivity contribution in [2.75, 3.05) is 20.7 Å². The highest BCUT2D eigenvalue weighted by Crippen LogP contribution is 2.17. The SMILES string of the molecule is CNCC(=O)OC.O=Cc1ncc(O)cc1O. The molecule has 0 aliphatic carbocycles. The molecular formula is C10H14N2O5. The third-order valence-electron chi connectivity index (χ3n) is 1.54. The first kappa shape index (κ1) is 14.8. The number of hydrogen-bond acceptors (Lipinski definition) is 7. The fourth-order valence-electron chi connectivity index (χ4n) is 0.760. The van der Waals surface area contributed by atoms with Crippen molar-refractivity contribution in [3.05, 3.63) is 18.0 Å². The van der Waals surface area contributed by atoms with Crippen LogP contribution in [0.2, 0.25) is 0 Å². The van der Waals surface area contributed by atoms with Crippen LogP contribution in [0.1, 0.15) is 10.5 Å². The van der Waals surface area contributed by atoms with Gasteiger partial charge < -0.3 is 20.3 Å². The molecule has 0 spiro atoms. The lowest BCUT2D eigenvalue weighted by Crippen LogP contribution is -2.19. The van der Waals surface area contributed by atoms with Gasteiger partial charge in [0.1, 0.15) is 17.2 Å². The van der Waals surface area contributed by atoms with Crippen LogP contribution in [0, 0.1) is 0 Å². The molecule has 1 heterocycles. The summed E-state index contributed by atoms with van der Waals surface area (Å²) in [7, 11) is 3.05. The van der Waals surface area contributed by atoms with E-state index in [0.717, 1.165) is 12.3 Å². The van der Waals surface area contributed by atoms with Gasteiger partial charge in [-0.2, -0.15) is 0 Å². The average Bonchev–Trinajstić information content (AvgIpc) is 2.30. The van der Waals surface area contributed by atoms with Gasteiger partial charge in [-0.3, -0.25) is 9.59 Å². The van der Waals surface area contributed by atoms with Gasteiger partial charge in [0.2, 0.25) is 0 Å². The number of pyridine rings is 1. The quantitative estimate of drug-likeness (QED) is 0.492. The van der Waals surface area contributed by atoms with E-state index in [4.69, 9.17) is 10.2 Å². The van der Waals surface area contributed by atoms with Crippen molar-refractivity contribution in [1.82, 2.24) is 10.3 Å². The lowest BCUT2D eigenvalue weighted by Gasteiger charge is -1.94. The minimum atomic E-state index is -0.310. The molecule has 1 rings (SSSR count). The predicted octanol–water partition coefficient (Wildman–Crippen LogP) is -0.316. The van der Waals surface area contributed by atoms with E-state index in [0.29, 0.717) is 6.29 Å². The van der Waals surface area contributed by atoms with Crippen LogP contribution in [0.3, 0.4) is 0 Å². The maximum Gasteiger partial charge on any atom is 0.319 e. The fraction of sp³-hybridized carbons (Fsp3) is 0.300. The second-order valence-corrected chi connectivity index (χ2v) is 2.82. The standard InChI is InChI=1S/C6H5NO3.C4H9NO2/c8-3-5-6(10)1-4(9)2-7-5;1-5-3-4(6)7-2/h1-3,9-10H;5H,3H2,1-2H3. The fourth-order valence-corrected chi connectivity index (χ4v) is 0.760. The average molecular weight is 242 g/mol. The molecule has 1 aromatic heterocycles. The first-order valence-corrected chi connectivity index (χ1v) is 4.59. The van der Waals surface area contributed by atoms with Gasteiger partial charge in [-0.05, 0) is 7.05 Å². The molecule has 0 aliphatic heterocycles. The second kappa shape index (κ2) is 8.05. The summed E-state index contributed by atoms with van der Waals surface area (Å²) in [6.07, 6.45) is 1.50. The molecule has 1 aromatic rings. The van der Waals surface area contributed by atoms with E-state index < -0.39 is 0 Å². The molecule has 0 fully saturated rings. The van der Waals surface area contributed by atoms with Crippen LogP contribution >= 0.6 is 0 Å². The lowest BCUT2D eigenvalue weighted by molar-refractivity contribution is -0.139. The number of esters is 1. The number of aromatic nitrogens is 1. The van der Waals surface area contributed by atoms with E-state index >= 15 is 0 Å². The maximum atomic E-state index is 10.1. The zero-order chi connectivity index (χ0) is 13.3. The van der Waals surface area contributed by atoms with E-state index in [-0.39, 0.29) is 29.7 Å². The van der Waals surface area contributed by atoms with E-state index in [1.165, 1.54) is 7.11 Å². The molecule has 0 saturated carbocycles. The monoisotopic (exact) mass is 242 g/mol. The summed E-state index contributed by atoms with van der Waals surface area (Å²) in [5, 5.41) is 20.2. The zero-order valence-electron chi connectivity index (χ0n) is 9.51. The summed E-state index contributed by atoms with van der Waals surface area (Å²) >= 11 is 0. The molecule has 0 amide bonds. The van der Waals surface area contributed by atoms with E-state index in [1.54, 1.807) is 7.05 Å². The molecule has 0 radical (unpaired) electrons. The molecular weight excluding hydrogens is 228 g/mol. The Morgan fingerprint density at radius 3 is 2.59 bits per heavy atom. The highest BCUT2D eigenvalue weighted by molar-refractivity contribution is 5.76. The molecule has 0 atom stereocenters. The first-order valence-electron chi connectivity index (χ1n) is 4.59. The highest BCUT2D eigenvalue weighted by atomic mass is 16.5. The minimum absolute atomic E-state index is 0.0715. The molecule has 0 saturated heterocycles. The van der Waals surface area contributed by atoms with Crippen LogP contribution < -0.4 is 5.32 Å². The van der Waals surface area contributed by atoms with Crippen molar-refractivity contribution < 1.29 is 24.5 Å². The number of carbonyl (C=O) groups is 2. The van der Waals surface area contributed by atoms with Crippen LogP contribution in [0.15, 0.2) is 12.3 Å². The Labute approximate surface area is 98.1 Å². The van der Waals surface area contributed by atoms with Gasteiger partial charge in [0, 0.05) is 6.07 Å². The van der Waals surface area contributed by atoms with E-state index in [1.807, 2.05) is 0 Å². The Morgan fingerprint density at radius 1 is 1.59 bits per heavy atom. The van der Waals surface area contributed by atoms with Gasteiger partial charge in [0.15, 0.2) is 6.29 Å². The molecule has 0 unspecified atom stereocenters. The summed E-state index contributed by atoms with van der Waals surface area (Å²) < 4.78 is 4.29. The van der Waals surface area contributed by atoms with Gasteiger partial charge in [0.05, 0.1) is 19.9 Å². The van der Waals surface area contributed by atoms with Crippen LogP contribution in [0.25, 0.3) is 0 Å². The molecule has 7 nitrogen and oxygen atoms in total. The van der Waals surface area contributed by atoms with E-state index in [9.17, 15) is 9.59 Å². The van der Waals surface area contributed by atoms with Crippen LogP contribution in [-0.4, -0.2) is 48.2 Å². The number of carbonyl (C=O) groups excluding carboxylic acids is 2. The molecule has 0 aromatic carbocycles. The number of nitrogens with one attached hydrogen (secondary N) is 1. The van der Waals surface area contributed by atoms with Crippen LogP contribution in [-0.2, 0) is 9.53 Å². The zero-order valence-corrected chi connectivity index (χ0v) is 9.51. The van der Waals surface area contributed by atoms with Crippen molar-refractivity contribution in [1.29, 1.82) is 0 Å². The topological polar surface area (TPSA) is 109 Å². The Morgan fingerprint density at radius 2 is 2.24 bits per heavy atom. The molecule has 94 valence electrons. The van der Waals surface area contributed by atoms with Crippen molar-refractivity contribution >= 4 is 12.3 Å². The molecule has 0 bridgehead atoms. The van der Waals surface area contributed by atoms with Gasteiger partial charge in [0.25, 0.3) is 0 Å². The van der Waals surface area contributed by atoms with Gasteiger partial charge in [-0.25, -0.2) is 4.98 Å². The first-order chi connectivity index (χ1) is 8.04. The van der Waals surface area contributed by atoms with Crippen LogP contribution in [0.4, 0.5) is 0 Å². The summed E-state index contributed by atoms with van der Waals surface area (Å²) in [4.78, 5) is 23.6. The number of aromatic hydroxyl groups is 2. The van der Waals surface area contributed by atoms with Gasteiger partial charge in [-0.1, -0.05) is 0 Å². The third kappa shape index (κ3) is 6.10. The Hall–Kier alpha value is -2.15.